The summed E-state index contributed by atoms with van der Waals surface area (Å²) in [5.74, 6) is -1.25. The summed E-state index contributed by atoms with van der Waals surface area (Å²) in [7, 11) is 0. The molecule has 6 heteroatoms. The van der Waals surface area contributed by atoms with Gasteiger partial charge in [0.15, 0.2) is 0 Å². The Kier molecular flexibility index (Phi) is 5.76. The Bertz CT molecular complexity index is 860. The van der Waals surface area contributed by atoms with Crippen LogP contribution in [0.1, 0.15) is 22.8 Å². The second-order valence-corrected chi connectivity index (χ2v) is 6.21. The summed E-state index contributed by atoms with van der Waals surface area (Å²) in [6, 6.07) is 14.6. The van der Waals surface area contributed by atoms with E-state index in [1.54, 1.807) is 24.3 Å². The highest BCUT2D eigenvalue weighted by Crippen LogP contribution is 2.24. The van der Waals surface area contributed by atoms with Gasteiger partial charge in [-0.05, 0) is 31.0 Å². The molecular weight excluding hydrogens is 346 g/mol. The third-order valence-corrected chi connectivity index (χ3v) is 4.07. The lowest BCUT2D eigenvalue weighted by Crippen LogP contribution is -2.28. The van der Waals surface area contributed by atoms with Crippen LogP contribution in [0.15, 0.2) is 60.6 Å². The predicted octanol–water partition coefficient (Wildman–Crippen LogP) is 3.41. The monoisotopic (exact) mass is 367 g/mol. The smallest absolute Gasteiger partial charge is 0.378 e. The summed E-state index contributed by atoms with van der Waals surface area (Å²) in [5, 5.41) is 2.85. The summed E-state index contributed by atoms with van der Waals surface area (Å²) in [6.45, 7) is 4.46. The zero-order chi connectivity index (χ0) is 19.2. The van der Waals surface area contributed by atoms with Crippen molar-refractivity contribution in [3.05, 3.63) is 77.2 Å². The molecule has 1 N–H and O–H groups in total. The minimum absolute atomic E-state index is 0.0540. The zero-order valence-electron chi connectivity index (χ0n) is 15.2. The number of nitrogens with one attached hydrogen (secondary N) is 1. The Morgan fingerprint density at radius 2 is 1.85 bits per heavy atom. The predicted molar refractivity (Wildman–Crippen MR) is 99.8 cm³/mol. The van der Waals surface area contributed by atoms with Crippen LogP contribution in [-0.2, 0) is 23.8 Å². The first-order valence-corrected chi connectivity index (χ1v) is 8.63. The molecule has 0 aliphatic carbocycles. The molecule has 2 aromatic rings. The molecule has 2 aromatic carbocycles. The third kappa shape index (κ3) is 4.67. The molecule has 1 aliphatic heterocycles. The van der Waals surface area contributed by atoms with Crippen LogP contribution in [0, 0.1) is 13.8 Å². The highest BCUT2D eigenvalue weighted by atomic mass is 16.6. The van der Waals surface area contributed by atoms with Gasteiger partial charge in [0.1, 0.15) is 19.5 Å². The number of benzene rings is 2. The van der Waals surface area contributed by atoms with Crippen LogP contribution in [0.2, 0.25) is 0 Å². The van der Waals surface area contributed by atoms with E-state index in [9.17, 15) is 9.59 Å². The molecular formula is C21H21NO5. The van der Waals surface area contributed by atoms with Crippen LogP contribution in [0.25, 0.3) is 0 Å². The van der Waals surface area contributed by atoms with Gasteiger partial charge in [0.05, 0.1) is 0 Å². The van der Waals surface area contributed by atoms with Gasteiger partial charge in [-0.1, -0.05) is 42.5 Å². The number of hydrogen-bond acceptors (Lipinski definition) is 5. The molecule has 0 bridgehead atoms. The Hall–Kier alpha value is -3.28. The lowest BCUT2D eigenvalue weighted by Gasteiger charge is -2.21. The standard InChI is InChI=1S/C21H21NO5/c1-14-8-9-15(2)17(12-14)22-20(23)19(16-6-4-3-5-7-16)27-21(24)18-13-25-10-11-26-18/h3-9,12-13,19H,10-11H2,1-2H3,(H,22,23). The van der Waals surface area contributed by atoms with E-state index < -0.39 is 18.0 Å². The molecule has 1 atom stereocenters. The van der Waals surface area contributed by atoms with Crippen molar-refractivity contribution in [2.45, 2.75) is 20.0 Å². The Labute approximate surface area is 157 Å². The quantitative estimate of drug-likeness (QED) is 0.820. The lowest BCUT2D eigenvalue weighted by atomic mass is 10.1. The van der Waals surface area contributed by atoms with Gasteiger partial charge in [-0.2, -0.15) is 0 Å². The summed E-state index contributed by atoms with van der Waals surface area (Å²) in [5.41, 5.74) is 3.17. The van der Waals surface area contributed by atoms with Crippen LogP contribution in [0.4, 0.5) is 5.69 Å². The number of rotatable bonds is 5. The maximum atomic E-state index is 12.9. The van der Waals surface area contributed by atoms with Crippen LogP contribution in [-0.4, -0.2) is 25.1 Å². The van der Waals surface area contributed by atoms with Crippen molar-refractivity contribution in [3.63, 3.8) is 0 Å². The number of amides is 1. The van der Waals surface area contributed by atoms with Gasteiger partial charge in [-0.25, -0.2) is 4.79 Å². The molecule has 0 fully saturated rings. The fourth-order valence-corrected chi connectivity index (χ4v) is 2.61. The molecule has 0 saturated carbocycles. The maximum absolute atomic E-state index is 12.9. The molecule has 1 unspecified atom stereocenters. The topological polar surface area (TPSA) is 73.9 Å². The van der Waals surface area contributed by atoms with Gasteiger partial charge >= 0.3 is 5.97 Å². The van der Waals surface area contributed by atoms with Gasteiger partial charge in [-0.3, -0.25) is 4.79 Å². The number of esters is 1. The van der Waals surface area contributed by atoms with Crippen LogP contribution in [0.5, 0.6) is 0 Å². The second kappa shape index (κ2) is 8.40. The third-order valence-electron chi connectivity index (χ3n) is 4.07. The minimum Gasteiger partial charge on any atom is -0.493 e. The molecule has 0 radical (unpaired) electrons. The summed E-state index contributed by atoms with van der Waals surface area (Å²) in [6.07, 6.45) is 0.0845. The van der Waals surface area contributed by atoms with Crippen LogP contribution in [0.3, 0.4) is 0 Å². The Morgan fingerprint density at radius 3 is 2.56 bits per heavy atom. The van der Waals surface area contributed by atoms with E-state index in [-0.39, 0.29) is 12.4 Å². The molecule has 0 saturated heterocycles. The summed E-state index contributed by atoms with van der Waals surface area (Å²) in [4.78, 5) is 25.3. The van der Waals surface area contributed by atoms with Gasteiger partial charge < -0.3 is 19.5 Å². The van der Waals surface area contributed by atoms with Gasteiger partial charge in [-0.15, -0.1) is 0 Å². The fraction of sp³-hybridized carbons (Fsp3) is 0.238. The van der Waals surface area contributed by atoms with E-state index in [0.717, 1.165) is 11.1 Å². The van der Waals surface area contributed by atoms with Crippen molar-refractivity contribution in [2.24, 2.45) is 0 Å². The Morgan fingerprint density at radius 1 is 1.07 bits per heavy atom. The first-order valence-electron chi connectivity index (χ1n) is 8.63. The van der Waals surface area contributed by atoms with Crippen LogP contribution >= 0.6 is 0 Å². The highest BCUT2D eigenvalue weighted by molar-refractivity contribution is 5.98. The van der Waals surface area contributed by atoms with Crippen molar-refractivity contribution in [1.82, 2.24) is 0 Å². The second-order valence-electron chi connectivity index (χ2n) is 6.21. The lowest BCUT2D eigenvalue weighted by molar-refractivity contribution is -0.155. The number of carbonyl (C=O) groups excluding carboxylic acids is 2. The number of carbonyl (C=O) groups is 2. The Balaban J connectivity index is 1.83. The summed E-state index contributed by atoms with van der Waals surface area (Å²) >= 11 is 0. The van der Waals surface area contributed by atoms with E-state index >= 15 is 0 Å². The van der Waals surface area contributed by atoms with Crippen LogP contribution < -0.4 is 5.32 Å². The molecule has 0 aromatic heterocycles. The number of anilines is 1. The average Bonchev–Trinajstić information content (AvgIpc) is 2.70. The van der Waals surface area contributed by atoms with Gasteiger partial charge in [0, 0.05) is 11.3 Å². The molecule has 1 aliphatic rings. The molecule has 3 rings (SSSR count). The number of ether oxygens (including phenoxy) is 3. The number of hydrogen-bond donors (Lipinski definition) is 1. The van der Waals surface area contributed by atoms with Crippen molar-refractivity contribution in [1.29, 1.82) is 0 Å². The van der Waals surface area contributed by atoms with Gasteiger partial charge in [0.2, 0.25) is 11.9 Å². The minimum atomic E-state index is -1.12. The summed E-state index contributed by atoms with van der Waals surface area (Å²) < 4.78 is 15.8. The van der Waals surface area contributed by atoms with Crippen molar-refractivity contribution >= 4 is 17.6 Å². The first-order chi connectivity index (χ1) is 13.0. The van der Waals surface area contributed by atoms with E-state index in [2.05, 4.69) is 5.32 Å². The van der Waals surface area contributed by atoms with E-state index in [4.69, 9.17) is 14.2 Å². The molecule has 1 heterocycles. The van der Waals surface area contributed by atoms with E-state index in [0.29, 0.717) is 17.9 Å². The SMILES string of the molecule is Cc1ccc(C)c(NC(=O)C(OC(=O)C2=COCCO2)c2ccccc2)c1. The zero-order valence-corrected chi connectivity index (χ0v) is 15.2. The molecule has 0 spiro atoms. The van der Waals surface area contributed by atoms with Crippen molar-refractivity contribution < 1.29 is 23.8 Å². The number of aryl methyl sites for hydroxylation is 2. The van der Waals surface area contributed by atoms with Crippen molar-refractivity contribution in [2.75, 3.05) is 18.5 Å². The molecule has 140 valence electrons. The molecule has 27 heavy (non-hydrogen) atoms. The molecule has 6 nitrogen and oxygen atoms in total. The average molecular weight is 367 g/mol. The highest BCUT2D eigenvalue weighted by Gasteiger charge is 2.28. The van der Waals surface area contributed by atoms with Crippen molar-refractivity contribution in [3.8, 4) is 0 Å². The maximum Gasteiger partial charge on any atom is 0.378 e. The van der Waals surface area contributed by atoms with Gasteiger partial charge in [0.25, 0.3) is 5.91 Å². The van der Waals surface area contributed by atoms with E-state index in [1.807, 2.05) is 38.1 Å². The largest absolute Gasteiger partial charge is 0.493 e. The molecule has 1 amide bonds. The normalized spacial score (nSPS) is 14.2. The fourth-order valence-electron chi connectivity index (χ4n) is 2.61. The first kappa shape index (κ1) is 18.5. The van der Waals surface area contributed by atoms with E-state index in [1.165, 1.54) is 6.26 Å².